The van der Waals surface area contributed by atoms with Crippen LogP contribution < -0.4 is 10.1 Å². The molecule has 1 rings (SSSR count). The lowest BCUT2D eigenvalue weighted by Gasteiger charge is -2.20. The second-order valence-electron chi connectivity index (χ2n) is 4.30. The maximum Gasteiger partial charge on any atom is 0.125 e. The SMILES string of the molecule is CCCNC(CC)c1ccccc1OC/C(Cl)=C/Cl. The highest BCUT2D eigenvalue weighted by molar-refractivity contribution is 6.36. The Kier molecular flexibility index (Phi) is 7.96. The molecule has 0 aliphatic carbocycles. The van der Waals surface area contributed by atoms with E-state index in [1.807, 2.05) is 18.2 Å². The van der Waals surface area contributed by atoms with E-state index in [1.165, 1.54) is 5.54 Å². The summed E-state index contributed by atoms with van der Waals surface area (Å²) in [5.74, 6) is 0.856. The molecule has 1 N–H and O–H groups in total. The Hall–Kier alpha value is -0.700. The van der Waals surface area contributed by atoms with Crippen LogP contribution in [0.25, 0.3) is 0 Å². The van der Waals surface area contributed by atoms with E-state index >= 15 is 0 Å². The number of benzene rings is 1. The highest BCUT2D eigenvalue weighted by Crippen LogP contribution is 2.27. The predicted octanol–water partition coefficient (Wildman–Crippen LogP) is 4.84. The van der Waals surface area contributed by atoms with Gasteiger partial charge in [-0.25, -0.2) is 0 Å². The second-order valence-corrected chi connectivity index (χ2v) is 5.00. The first-order valence-corrected chi connectivity index (χ1v) is 7.44. The molecular weight excluding hydrogens is 281 g/mol. The molecule has 1 aromatic carbocycles. The van der Waals surface area contributed by atoms with Crippen LogP contribution in [0.15, 0.2) is 34.8 Å². The van der Waals surface area contributed by atoms with Crippen LogP contribution in [0.2, 0.25) is 0 Å². The van der Waals surface area contributed by atoms with Crippen LogP contribution in [0.1, 0.15) is 38.3 Å². The highest BCUT2D eigenvalue weighted by Gasteiger charge is 2.13. The molecule has 0 spiro atoms. The normalized spacial score (nSPS) is 13.4. The van der Waals surface area contributed by atoms with Gasteiger partial charge in [0.25, 0.3) is 0 Å². The van der Waals surface area contributed by atoms with Crippen LogP contribution in [0.3, 0.4) is 0 Å². The molecule has 4 heteroatoms. The standard InChI is InChI=1S/C15H21Cl2NO/c1-3-9-18-14(4-2)13-7-5-6-8-15(13)19-11-12(17)10-16/h5-8,10,14,18H,3-4,9,11H2,1-2H3/b12-10-. The summed E-state index contributed by atoms with van der Waals surface area (Å²) in [6.45, 7) is 5.62. The highest BCUT2D eigenvalue weighted by atomic mass is 35.5. The fraction of sp³-hybridized carbons (Fsp3) is 0.467. The van der Waals surface area contributed by atoms with Gasteiger partial charge in [-0.2, -0.15) is 0 Å². The van der Waals surface area contributed by atoms with Gasteiger partial charge >= 0.3 is 0 Å². The lowest BCUT2D eigenvalue weighted by molar-refractivity contribution is 0.348. The largest absolute Gasteiger partial charge is 0.488 e. The maximum atomic E-state index is 5.85. The first-order valence-electron chi connectivity index (χ1n) is 6.62. The van der Waals surface area contributed by atoms with Gasteiger partial charge in [0.05, 0.1) is 5.03 Å². The van der Waals surface area contributed by atoms with Gasteiger partial charge < -0.3 is 10.1 Å². The van der Waals surface area contributed by atoms with E-state index in [4.69, 9.17) is 27.9 Å². The summed E-state index contributed by atoms with van der Waals surface area (Å²) in [5.41, 5.74) is 2.49. The Morgan fingerprint density at radius 3 is 2.74 bits per heavy atom. The Morgan fingerprint density at radius 2 is 2.11 bits per heavy atom. The van der Waals surface area contributed by atoms with E-state index in [9.17, 15) is 0 Å². The third-order valence-corrected chi connectivity index (χ3v) is 3.42. The van der Waals surface area contributed by atoms with Gasteiger partial charge in [-0.1, -0.05) is 55.2 Å². The molecule has 2 nitrogen and oxygen atoms in total. The van der Waals surface area contributed by atoms with Crippen molar-refractivity contribution >= 4 is 23.2 Å². The minimum absolute atomic E-state index is 0.298. The van der Waals surface area contributed by atoms with Crippen molar-refractivity contribution in [3.05, 3.63) is 40.4 Å². The maximum absolute atomic E-state index is 5.85. The van der Waals surface area contributed by atoms with Crippen LogP contribution in [-0.4, -0.2) is 13.2 Å². The number of hydrogen-bond acceptors (Lipinski definition) is 2. The molecule has 1 aromatic rings. The molecule has 0 fully saturated rings. The molecule has 0 aliphatic heterocycles. The van der Waals surface area contributed by atoms with E-state index in [2.05, 4.69) is 25.2 Å². The lowest BCUT2D eigenvalue weighted by Crippen LogP contribution is -2.22. The molecule has 1 atom stereocenters. The minimum atomic E-state index is 0.298. The minimum Gasteiger partial charge on any atom is -0.488 e. The van der Waals surface area contributed by atoms with Crippen molar-refractivity contribution in [3.63, 3.8) is 0 Å². The van der Waals surface area contributed by atoms with E-state index in [-0.39, 0.29) is 0 Å². The zero-order chi connectivity index (χ0) is 14.1. The average molecular weight is 302 g/mol. The summed E-state index contributed by atoms with van der Waals surface area (Å²) in [6.07, 6.45) is 2.12. The fourth-order valence-electron chi connectivity index (χ4n) is 1.87. The van der Waals surface area contributed by atoms with Crippen molar-refractivity contribution in [3.8, 4) is 5.75 Å². The van der Waals surface area contributed by atoms with Crippen molar-refractivity contribution in [2.24, 2.45) is 0 Å². The summed E-state index contributed by atoms with van der Waals surface area (Å²) < 4.78 is 5.73. The van der Waals surface area contributed by atoms with Gasteiger partial charge in [0, 0.05) is 17.1 Å². The van der Waals surface area contributed by atoms with Crippen LogP contribution in [-0.2, 0) is 0 Å². The zero-order valence-electron chi connectivity index (χ0n) is 11.5. The van der Waals surface area contributed by atoms with E-state index in [0.29, 0.717) is 17.7 Å². The molecule has 0 aliphatic rings. The Labute approximate surface area is 125 Å². The summed E-state index contributed by atoms with van der Waals surface area (Å²) in [7, 11) is 0. The first-order chi connectivity index (χ1) is 9.22. The van der Waals surface area contributed by atoms with Gasteiger partial charge in [0.1, 0.15) is 12.4 Å². The Bertz CT molecular complexity index is 407. The van der Waals surface area contributed by atoms with E-state index < -0.39 is 0 Å². The van der Waals surface area contributed by atoms with Crippen molar-refractivity contribution in [1.29, 1.82) is 0 Å². The molecule has 0 radical (unpaired) electrons. The lowest BCUT2D eigenvalue weighted by atomic mass is 10.0. The molecule has 106 valence electrons. The van der Waals surface area contributed by atoms with Gasteiger partial charge in [0.2, 0.25) is 0 Å². The quantitative estimate of drug-likeness (QED) is 0.742. The molecule has 19 heavy (non-hydrogen) atoms. The van der Waals surface area contributed by atoms with Gasteiger partial charge in [-0.3, -0.25) is 0 Å². The van der Waals surface area contributed by atoms with Crippen LogP contribution >= 0.6 is 23.2 Å². The second kappa shape index (κ2) is 9.24. The van der Waals surface area contributed by atoms with Crippen molar-refractivity contribution in [2.75, 3.05) is 13.2 Å². The van der Waals surface area contributed by atoms with Crippen LogP contribution in [0, 0.1) is 0 Å². The van der Waals surface area contributed by atoms with Crippen molar-refractivity contribution < 1.29 is 4.74 Å². The van der Waals surface area contributed by atoms with Crippen molar-refractivity contribution in [1.82, 2.24) is 5.32 Å². The van der Waals surface area contributed by atoms with Crippen LogP contribution in [0.4, 0.5) is 0 Å². The summed E-state index contributed by atoms with van der Waals surface area (Å²) in [4.78, 5) is 0. The fourth-order valence-corrected chi connectivity index (χ4v) is 1.99. The molecule has 1 unspecified atom stereocenters. The number of hydrogen-bond donors (Lipinski definition) is 1. The Morgan fingerprint density at radius 1 is 1.37 bits per heavy atom. The third kappa shape index (κ3) is 5.43. The number of nitrogens with one attached hydrogen (secondary N) is 1. The monoisotopic (exact) mass is 301 g/mol. The van der Waals surface area contributed by atoms with Crippen LogP contribution in [0.5, 0.6) is 5.75 Å². The van der Waals surface area contributed by atoms with E-state index in [0.717, 1.165) is 30.7 Å². The first kappa shape index (κ1) is 16.4. The van der Waals surface area contributed by atoms with E-state index in [1.54, 1.807) is 0 Å². The van der Waals surface area contributed by atoms with Crippen molar-refractivity contribution in [2.45, 2.75) is 32.7 Å². The summed E-state index contributed by atoms with van der Waals surface area (Å²) in [6, 6.07) is 8.34. The number of ether oxygens (including phenoxy) is 1. The molecule has 0 heterocycles. The van der Waals surface area contributed by atoms with Gasteiger partial charge in [-0.15, -0.1) is 0 Å². The molecule has 0 bridgehead atoms. The van der Waals surface area contributed by atoms with Gasteiger partial charge in [0.15, 0.2) is 0 Å². The summed E-state index contributed by atoms with van der Waals surface area (Å²) >= 11 is 11.4. The molecule has 0 saturated carbocycles. The number of para-hydroxylation sites is 1. The number of rotatable bonds is 8. The average Bonchev–Trinajstić information content (AvgIpc) is 2.46. The Balaban J connectivity index is 2.81. The molecule has 0 amide bonds. The smallest absolute Gasteiger partial charge is 0.125 e. The predicted molar refractivity (Wildman–Crippen MR) is 83.1 cm³/mol. The topological polar surface area (TPSA) is 21.3 Å². The number of halogens is 2. The molecule has 0 aromatic heterocycles. The van der Waals surface area contributed by atoms with Gasteiger partial charge in [-0.05, 0) is 25.5 Å². The molecule has 0 saturated heterocycles. The zero-order valence-corrected chi connectivity index (χ0v) is 13.0. The summed E-state index contributed by atoms with van der Waals surface area (Å²) in [5, 5.41) is 4.02. The molecular formula is C15H21Cl2NO. The third-order valence-electron chi connectivity index (χ3n) is 2.83.